The largest absolute Gasteiger partial charge is 0.496 e. The summed E-state index contributed by atoms with van der Waals surface area (Å²) in [6, 6.07) is 5.43. The van der Waals surface area contributed by atoms with Crippen molar-refractivity contribution in [3.05, 3.63) is 28.2 Å². The van der Waals surface area contributed by atoms with Gasteiger partial charge in [-0.25, -0.2) is 0 Å². The molecule has 21 heavy (non-hydrogen) atoms. The normalized spacial score (nSPS) is 13.2. The van der Waals surface area contributed by atoms with Crippen molar-refractivity contribution < 1.29 is 22.6 Å². The van der Waals surface area contributed by atoms with Gasteiger partial charge < -0.3 is 14.8 Å². The minimum atomic E-state index is -4.29. The Labute approximate surface area is 130 Å². The van der Waals surface area contributed by atoms with Crippen LogP contribution < -0.4 is 10.1 Å². The summed E-state index contributed by atoms with van der Waals surface area (Å²) in [5, 5.41) is 3.13. The standard InChI is InChI=1S/C14H19BrF3NO2/c1-3-19-11(8-21-9-14(16,17)18)6-10-4-5-13(20-2)12(15)7-10/h4-5,7,11,19H,3,6,8-9H2,1-2H3. The van der Waals surface area contributed by atoms with E-state index in [1.165, 1.54) is 0 Å². The van der Waals surface area contributed by atoms with Gasteiger partial charge in [0.05, 0.1) is 18.2 Å². The van der Waals surface area contributed by atoms with Crippen LogP contribution in [0.3, 0.4) is 0 Å². The average molecular weight is 370 g/mol. The molecule has 0 heterocycles. The molecule has 1 rings (SSSR count). The van der Waals surface area contributed by atoms with Crippen molar-refractivity contribution in [1.29, 1.82) is 0 Å². The molecule has 0 saturated carbocycles. The summed E-state index contributed by atoms with van der Waals surface area (Å²) >= 11 is 3.39. The molecule has 3 nitrogen and oxygen atoms in total. The van der Waals surface area contributed by atoms with Gasteiger partial charge in [0.25, 0.3) is 0 Å². The molecule has 1 aromatic rings. The summed E-state index contributed by atoms with van der Waals surface area (Å²) in [6.07, 6.45) is -3.71. The van der Waals surface area contributed by atoms with Gasteiger partial charge in [-0.1, -0.05) is 13.0 Å². The monoisotopic (exact) mass is 369 g/mol. The van der Waals surface area contributed by atoms with E-state index in [1.807, 2.05) is 25.1 Å². The number of methoxy groups -OCH3 is 1. The third-order valence-electron chi connectivity index (χ3n) is 2.78. The number of nitrogens with one attached hydrogen (secondary N) is 1. The second-order valence-corrected chi connectivity index (χ2v) is 5.41. The zero-order chi connectivity index (χ0) is 15.9. The van der Waals surface area contributed by atoms with E-state index in [1.54, 1.807) is 7.11 Å². The van der Waals surface area contributed by atoms with Crippen molar-refractivity contribution in [2.45, 2.75) is 25.6 Å². The summed E-state index contributed by atoms with van der Waals surface area (Å²) in [4.78, 5) is 0. The summed E-state index contributed by atoms with van der Waals surface area (Å²) in [7, 11) is 1.58. The molecule has 0 amide bonds. The molecule has 120 valence electrons. The first-order chi connectivity index (χ1) is 9.85. The molecule has 0 aliphatic carbocycles. The van der Waals surface area contributed by atoms with Gasteiger partial charge in [-0.15, -0.1) is 0 Å². The van der Waals surface area contributed by atoms with Gasteiger partial charge in [0, 0.05) is 6.04 Å². The molecule has 0 aliphatic heterocycles. The van der Waals surface area contributed by atoms with Gasteiger partial charge in [0.1, 0.15) is 12.4 Å². The zero-order valence-electron chi connectivity index (χ0n) is 12.0. The molecule has 7 heteroatoms. The molecular formula is C14H19BrF3NO2. The predicted molar refractivity (Wildman–Crippen MR) is 78.7 cm³/mol. The number of ether oxygens (including phenoxy) is 2. The Morgan fingerprint density at radius 1 is 1.33 bits per heavy atom. The molecule has 0 spiro atoms. The van der Waals surface area contributed by atoms with Crippen LogP contribution in [0.5, 0.6) is 5.75 Å². The van der Waals surface area contributed by atoms with E-state index in [0.717, 1.165) is 10.0 Å². The topological polar surface area (TPSA) is 30.5 Å². The summed E-state index contributed by atoms with van der Waals surface area (Å²) in [6.45, 7) is 1.36. The van der Waals surface area contributed by atoms with E-state index in [4.69, 9.17) is 9.47 Å². The SMILES string of the molecule is CCNC(COCC(F)(F)F)Cc1ccc(OC)c(Br)c1. The Balaban J connectivity index is 2.59. The molecule has 0 fully saturated rings. The van der Waals surface area contributed by atoms with Gasteiger partial charge in [0.15, 0.2) is 0 Å². The van der Waals surface area contributed by atoms with E-state index in [2.05, 4.69) is 21.2 Å². The Hall–Kier alpha value is -0.790. The van der Waals surface area contributed by atoms with Crippen LogP contribution in [0, 0.1) is 0 Å². The lowest BCUT2D eigenvalue weighted by Crippen LogP contribution is -2.36. The number of alkyl halides is 3. The van der Waals surface area contributed by atoms with Crippen molar-refractivity contribution in [3.63, 3.8) is 0 Å². The number of hydrogen-bond acceptors (Lipinski definition) is 3. The van der Waals surface area contributed by atoms with Crippen molar-refractivity contribution in [3.8, 4) is 5.75 Å². The van der Waals surface area contributed by atoms with Crippen LogP contribution in [0.2, 0.25) is 0 Å². The highest BCUT2D eigenvalue weighted by atomic mass is 79.9. The molecule has 1 aromatic carbocycles. The molecule has 0 aliphatic rings. The average Bonchev–Trinajstić information content (AvgIpc) is 2.37. The highest BCUT2D eigenvalue weighted by Gasteiger charge is 2.27. The third-order valence-corrected chi connectivity index (χ3v) is 3.40. The lowest BCUT2D eigenvalue weighted by molar-refractivity contribution is -0.175. The first-order valence-corrected chi connectivity index (χ1v) is 7.35. The van der Waals surface area contributed by atoms with Crippen LogP contribution in [0.25, 0.3) is 0 Å². The molecule has 1 unspecified atom stereocenters. The molecule has 0 radical (unpaired) electrons. The van der Waals surface area contributed by atoms with Gasteiger partial charge >= 0.3 is 6.18 Å². The maximum atomic E-state index is 12.1. The lowest BCUT2D eigenvalue weighted by atomic mass is 10.1. The predicted octanol–water partition coefficient (Wildman–Crippen LogP) is 3.56. The molecule has 0 saturated heterocycles. The second-order valence-electron chi connectivity index (χ2n) is 4.56. The molecule has 0 bridgehead atoms. The van der Waals surface area contributed by atoms with Crippen molar-refractivity contribution in [1.82, 2.24) is 5.32 Å². The Bertz CT molecular complexity index is 441. The second kappa shape index (κ2) is 8.60. The Kier molecular flexibility index (Phi) is 7.48. The van der Waals surface area contributed by atoms with Crippen molar-refractivity contribution in [2.75, 3.05) is 26.9 Å². The van der Waals surface area contributed by atoms with Gasteiger partial charge in [-0.3, -0.25) is 0 Å². The number of rotatable bonds is 8. The number of likely N-dealkylation sites (N-methyl/N-ethyl adjacent to an activating group) is 1. The Morgan fingerprint density at radius 2 is 2.05 bits per heavy atom. The van der Waals surface area contributed by atoms with Gasteiger partial charge in [-0.2, -0.15) is 13.2 Å². The van der Waals surface area contributed by atoms with E-state index >= 15 is 0 Å². The van der Waals surface area contributed by atoms with Crippen LogP contribution in [0.1, 0.15) is 12.5 Å². The minimum Gasteiger partial charge on any atom is -0.496 e. The fourth-order valence-corrected chi connectivity index (χ4v) is 2.51. The first kappa shape index (κ1) is 18.3. The van der Waals surface area contributed by atoms with Crippen molar-refractivity contribution in [2.24, 2.45) is 0 Å². The van der Waals surface area contributed by atoms with Crippen LogP contribution in [0.4, 0.5) is 13.2 Å². The summed E-state index contributed by atoms with van der Waals surface area (Å²) in [5.74, 6) is 0.715. The van der Waals surface area contributed by atoms with E-state index in [0.29, 0.717) is 18.7 Å². The number of halogens is 4. The third kappa shape index (κ3) is 7.15. The van der Waals surface area contributed by atoms with Crippen LogP contribution in [0.15, 0.2) is 22.7 Å². The lowest BCUT2D eigenvalue weighted by Gasteiger charge is -2.19. The molecular weight excluding hydrogens is 351 g/mol. The maximum Gasteiger partial charge on any atom is 0.411 e. The van der Waals surface area contributed by atoms with Crippen LogP contribution in [-0.2, 0) is 11.2 Å². The maximum absolute atomic E-state index is 12.1. The van der Waals surface area contributed by atoms with Crippen LogP contribution >= 0.6 is 15.9 Å². The Morgan fingerprint density at radius 3 is 2.57 bits per heavy atom. The van der Waals surface area contributed by atoms with Crippen molar-refractivity contribution >= 4 is 15.9 Å². The fraction of sp³-hybridized carbons (Fsp3) is 0.571. The minimum absolute atomic E-state index is 0.0109. The highest BCUT2D eigenvalue weighted by molar-refractivity contribution is 9.10. The summed E-state index contributed by atoms with van der Waals surface area (Å²) < 4.78 is 47.0. The van der Waals surface area contributed by atoms with E-state index in [9.17, 15) is 13.2 Å². The number of hydrogen-bond donors (Lipinski definition) is 1. The molecule has 0 aromatic heterocycles. The smallest absolute Gasteiger partial charge is 0.411 e. The fourth-order valence-electron chi connectivity index (χ4n) is 1.92. The molecule has 1 N–H and O–H groups in total. The highest BCUT2D eigenvalue weighted by Crippen LogP contribution is 2.26. The quantitative estimate of drug-likeness (QED) is 0.759. The molecule has 1 atom stereocenters. The van der Waals surface area contributed by atoms with Gasteiger partial charge in [-0.05, 0) is 46.6 Å². The van der Waals surface area contributed by atoms with E-state index < -0.39 is 12.8 Å². The number of benzene rings is 1. The van der Waals surface area contributed by atoms with E-state index in [-0.39, 0.29) is 12.6 Å². The first-order valence-electron chi connectivity index (χ1n) is 6.56. The summed E-state index contributed by atoms with van der Waals surface area (Å²) in [5.41, 5.74) is 0.990. The zero-order valence-corrected chi connectivity index (χ0v) is 13.6. The van der Waals surface area contributed by atoms with Gasteiger partial charge in [0.2, 0.25) is 0 Å². The van der Waals surface area contributed by atoms with Crippen LogP contribution in [-0.4, -0.2) is 39.1 Å².